The van der Waals surface area contributed by atoms with Crippen LogP contribution >= 0.6 is 11.3 Å². The summed E-state index contributed by atoms with van der Waals surface area (Å²) in [5.74, 6) is 0.0639. The second-order valence-electron chi connectivity index (χ2n) is 5.71. The molecule has 1 N–H and O–H groups in total. The molecule has 0 spiro atoms. The van der Waals surface area contributed by atoms with Gasteiger partial charge in [-0.15, -0.1) is 11.3 Å². The first-order valence-electron chi connectivity index (χ1n) is 7.93. The van der Waals surface area contributed by atoms with Crippen LogP contribution in [-0.4, -0.2) is 22.5 Å². The topological polar surface area (TPSA) is 87.9 Å². The fraction of sp³-hybridized carbons (Fsp3) is 0.222. The molecule has 0 unspecified atom stereocenters. The van der Waals surface area contributed by atoms with Gasteiger partial charge in [0, 0.05) is 4.88 Å². The van der Waals surface area contributed by atoms with Crippen LogP contribution in [0.4, 0.5) is 5.00 Å². The van der Waals surface area contributed by atoms with E-state index in [2.05, 4.69) is 21.4 Å². The molecule has 25 heavy (non-hydrogen) atoms. The Balaban J connectivity index is 1.47. The highest BCUT2D eigenvalue weighted by Gasteiger charge is 2.23. The van der Waals surface area contributed by atoms with Gasteiger partial charge in [-0.05, 0) is 37.0 Å². The predicted octanol–water partition coefficient (Wildman–Crippen LogP) is 3.07. The van der Waals surface area contributed by atoms with Gasteiger partial charge in [0.15, 0.2) is 6.61 Å². The highest BCUT2D eigenvalue weighted by Crippen LogP contribution is 2.38. The fourth-order valence-corrected chi connectivity index (χ4v) is 4.26. The van der Waals surface area contributed by atoms with E-state index in [1.165, 1.54) is 22.5 Å². The molecule has 0 saturated carbocycles. The van der Waals surface area contributed by atoms with Crippen molar-refractivity contribution in [2.24, 2.45) is 0 Å². The molecular formula is C18H14N4O2S. The third-order valence-electron chi connectivity index (χ3n) is 4.13. The van der Waals surface area contributed by atoms with Gasteiger partial charge in [0.2, 0.25) is 5.88 Å². The molecule has 0 fully saturated rings. The molecule has 0 radical (unpaired) electrons. The molecule has 0 aliphatic heterocycles. The van der Waals surface area contributed by atoms with E-state index < -0.39 is 0 Å². The van der Waals surface area contributed by atoms with Crippen LogP contribution in [0.1, 0.15) is 22.4 Å². The first-order chi connectivity index (χ1) is 12.3. The lowest BCUT2D eigenvalue weighted by Crippen LogP contribution is -2.20. The number of para-hydroxylation sites is 1. The third kappa shape index (κ3) is 2.92. The summed E-state index contributed by atoms with van der Waals surface area (Å²) in [6, 6.07) is 9.66. The average molecular weight is 350 g/mol. The van der Waals surface area contributed by atoms with Crippen LogP contribution in [0.2, 0.25) is 0 Å². The zero-order valence-electron chi connectivity index (χ0n) is 13.3. The number of carbonyl (C=O) groups excluding carboxylic acids is 1. The van der Waals surface area contributed by atoms with E-state index in [0.29, 0.717) is 16.4 Å². The Bertz CT molecular complexity index is 1000. The molecule has 1 aliphatic rings. The largest absolute Gasteiger partial charge is 0.467 e. The first kappa shape index (κ1) is 15.5. The number of fused-ring (bicyclic) bond motifs is 2. The zero-order chi connectivity index (χ0) is 17.2. The van der Waals surface area contributed by atoms with E-state index >= 15 is 0 Å². The minimum atomic E-state index is -0.306. The number of benzene rings is 1. The SMILES string of the molecule is N#Cc1c(NC(=O)COc2ncnc3ccccc23)sc2c1CCC2. The quantitative estimate of drug-likeness (QED) is 0.781. The maximum atomic E-state index is 12.2. The van der Waals surface area contributed by atoms with Crippen LogP contribution in [0.3, 0.4) is 0 Å². The van der Waals surface area contributed by atoms with Gasteiger partial charge in [-0.3, -0.25) is 4.79 Å². The molecule has 3 aromatic rings. The molecule has 0 atom stereocenters. The lowest BCUT2D eigenvalue weighted by molar-refractivity contribution is -0.118. The third-order valence-corrected chi connectivity index (χ3v) is 5.34. The van der Waals surface area contributed by atoms with Crippen LogP contribution in [-0.2, 0) is 17.6 Å². The summed E-state index contributed by atoms with van der Waals surface area (Å²) in [6.45, 7) is -0.172. The molecule has 124 valence electrons. The summed E-state index contributed by atoms with van der Waals surface area (Å²) in [7, 11) is 0. The molecule has 6 nitrogen and oxygen atoms in total. The second-order valence-corrected chi connectivity index (χ2v) is 6.81. The second kappa shape index (κ2) is 6.49. The first-order valence-corrected chi connectivity index (χ1v) is 8.75. The van der Waals surface area contributed by atoms with Crippen molar-refractivity contribution in [1.82, 2.24) is 9.97 Å². The Morgan fingerprint density at radius 1 is 1.32 bits per heavy atom. The number of ether oxygens (including phenoxy) is 1. The highest BCUT2D eigenvalue weighted by atomic mass is 32.1. The number of aromatic nitrogens is 2. The van der Waals surface area contributed by atoms with Crippen LogP contribution < -0.4 is 10.1 Å². The minimum absolute atomic E-state index is 0.172. The Morgan fingerprint density at radius 2 is 2.20 bits per heavy atom. The predicted molar refractivity (Wildman–Crippen MR) is 94.7 cm³/mol. The van der Waals surface area contributed by atoms with E-state index in [1.54, 1.807) is 0 Å². The molecular weight excluding hydrogens is 336 g/mol. The molecule has 4 rings (SSSR count). The molecule has 2 heterocycles. The van der Waals surface area contributed by atoms with Gasteiger partial charge in [-0.2, -0.15) is 5.26 Å². The normalized spacial score (nSPS) is 12.6. The summed E-state index contributed by atoms with van der Waals surface area (Å²) in [6.07, 6.45) is 4.38. The standard InChI is InChI=1S/C18H14N4O2S/c19-8-13-11-5-3-7-15(11)25-18(13)22-16(23)9-24-17-12-4-1-2-6-14(12)20-10-21-17/h1-2,4,6,10H,3,5,7,9H2,(H,22,23). The van der Waals surface area contributed by atoms with Gasteiger partial charge in [0.1, 0.15) is 17.4 Å². The van der Waals surface area contributed by atoms with Crippen LogP contribution in [0.5, 0.6) is 5.88 Å². The number of nitriles is 1. The van der Waals surface area contributed by atoms with Gasteiger partial charge < -0.3 is 10.1 Å². The van der Waals surface area contributed by atoms with Gasteiger partial charge in [-0.1, -0.05) is 12.1 Å². The van der Waals surface area contributed by atoms with Crippen molar-refractivity contribution in [2.75, 3.05) is 11.9 Å². The smallest absolute Gasteiger partial charge is 0.263 e. The Labute approximate surface area is 148 Å². The lowest BCUT2D eigenvalue weighted by atomic mass is 10.1. The summed E-state index contributed by atoms with van der Waals surface area (Å²) < 4.78 is 5.56. The van der Waals surface area contributed by atoms with Crippen molar-refractivity contribution in [3.8, 4) is 11.9 Å². The monoisotopic (exact) mass is 350 g/mol. The number of hydrogen-bond donors (Lipinski definition) is 1. The van der Waals surface area contributed by atoms with Crippen molar-refractivity contribution >= 4 is 33.1 Å². The van der Waals surface area contributed by atoms with Crippen molar-refractivity contribution in [2.45, 2.75) is 19.3 Å². The molecule has 0 saturated heterocycles. The number of rotatable bonds is 4. The van der Waals surface area contributed by atoms with Crippen molar-refractivity contribution in [3.63, 3.8) is 0 Å². The Hall–Kier alpha value is -2.98. The molecule has 7 heteroatoms. The van der Waals surface area contributed by atoms with Gasteiger partial charge in [0.05, 0.1) is 16.5 Å². The number of carbonyl (C=O) groups is 1. The maximum Gasteiger partial charge on any atom is 0.263 e. The van der Waals surface area contributed by atoms with Crippen LogP contribution in [0, 0.1) is 11.3 Å². The molecule has 1 aromatic carbocycles. The molecule has 0 bridgehead atoms. The average Bonchev–Trinajstić information content (AvgIpc) is 3.20. The van der Waals surface area contributed by atoms with Crippen LogP contribution in [0.25, 0.3) is 10.9 Å². The van der Waals surface area contributed by atoms with Crippen LogP contribution in [0.15, 0.2) is 30.6 Å². The van der Waals surface area contributed by atoms with E-state index in [1.807, 2.05) is 24.3 Å². The van der Waals surface area contributed by atoms with E-state index in [0.717, 1.165) is 35.7 Å². The molecule has 2 aromatic heterocycles. The Morgan fingerprint density at radius 3 is 3.08 bits per heavy atom. The summed E-state index contributed by atoms with van der Waals surface area (Å²) in [4.78, 5) is 21.7. The fourth-order valence-electron chi connectivity index (χ4n) is 3.00. The summed E-state index contributed by atoms with van der Waals surface area (Å²) in [5.41, 5.74) is 2.44. The lowest BCUT2D eigenvalue weighted by Gasteiger charge is -2.08. The van der Waals surface area contributed by atoms with E-state index in [9.17, 15) is 10.1 Å². The summed E-state index contributed by atoms with van der Waals surface area (Å²) in [5, 5.41) is 13.5. The number of hydrogen-bond acceptors (Lipinski definition) is 6. The number of thiophene rings is 1. The number of amides is 1. The number of nitrogens with one attached hydrogen (secondary N) is 1. The van der Waals surface area contributed by atoms with Crippen molar-refractivity contribution in [1.29, 1.82) is 5.26 Å². The summed E-state index contributed by atoms with van der Waals surface area (Å²) >= 11 is 1.49. The van der Waals surface area contributed by atoms with Gasteiger partial charge >= 0.3 is 0 Å². The number of anilines is 1. The number of aryl methyl sites for hydroxylation is 1. The highest BCUT2D eigenvalue weighted by molar-refractivity contribution is 7.16. The van der Waals surface area contributed by atoms with E-state index in [-0.39, 0.29) is 12.5 Å². The van der Waals surface area contributed by atoms with Gasteiger partial charge in [-0.25, -0.2) is 9.97 Å². The molecule has 1 amide bonds. The Kier molecular flexibility index (Phi) is 4.04. The van der Waals surface area contributed by atoms with Gasteiger partial charge in [0.25, 0.3) is 5.91 Å². The zero-order valence-corrected chi connectivity index (χ0v) is 14.1. The van der Waals surface area contributed by atoms with Crippen molar-refractivity contribution < 1.29 is 9.53 Å². The minimum Gasteiger partial charge on any atom is -0.467 e. The number of nitrogens with zero attached hydrogens (tertiary/aromatic N) is 3. The van der Waals surface area contributed by atoms with E-state index in [4.69, 9.17) is 4.74 Å². The van der Waals surface area contributed by atoms with Crippen molar-refractivity contribution in [3.05, 3.63) is 46.6 Å². The molecule has 1 aliphatic carbocycles. The maximum absolute atomic E-state index is 12.2.